The molecule has 1 aromatic heterocycles. The molecule has 0 saturated heterocycles. The number of thiophene rings is 1. The van der Waals surface area contributed by atoms with E-state index < -0.39 is 0 Å². The molecule has 20 heavy (non-hydrogen) atoms. The first kappa shape index (κ1) is 13.9. The van der Waals surface area contributed by atoms with E-state index >= 15 is 0 Å². The molecule has 0 saturated carbocycles. The minimum Gasteiger partial charge on any atom is -0.374 e. The van der Waals surface area contributed by atoms with E-state index in [1.807, 2.05) is 6.07 Å². The van der Waals surface area contributed by atoms with Gasteiger partial charge >= 0.3 is 0 Å². The van der Waals surface area contributed by atoms with Gasteiger partial charge in [0.2, 0.25) is 0 Å². The third-order valence-electron chi connectivity index (χ3n) is 3.75. The lowest BCUT2D eigenvalue weighted by Gasteiger charge is -2.27. The molecule has 0 spiro atoms. The lowest BCUT2D eigenvalue weighted by molar-refractivity contribution is 0.695. The Bertz CT molecular complexity index is 594. The Labute approximate surface area is 129 Å². The van der Waals surface area contributed by atoms with Crippen LogP contribution in [0.15, 0.2) is 30.3 Å². The number of fused-ring (bicyclic) bond motifs is 1. The molecular formula is C16H19ClN2S. The number of benzene rings is 1. The van der Waals surface area contributed by atoms with Crippen LogP contribution in [0.1, 0.15) is 22.4 Å². The first-order valence-corrected chi connectivity index (χ1v) is 8.20. The van der Waals surface area contributed by atoms with Gasteiger partial charge in [0.05, 0.1) is 4.34 Å². The predicted octanol–water partition coefficient (Wildman–Crippen LogP) is 4.07. The molecule has 1 N–H and O–H groups in total. The summed E-state index contributed by atoms with van der Waals surface area (Å²) in [6.07, 6.45) is 2.46. The lowest BCUT2D eigenvalue weighted by atomic mass is 9.99. The zero-order valence-corrected chi connectivity index (χ0v) is 13.2. The van der Waals surface area contributed by atoms with Gasteiger partial charge in [-0.15, -0.1) is 11.3 Å². The Balaban J connectivity index is 1.60. The Morgan fingerprint density at radius 1 is 1.25 bits per heavy atom. The van der Waals surface area contributed by atoms with Crippen molar-refractivity contribution in [3.05, 3.63) is 50.7 Å². The van der Waals surface area contributed by atoms with Crippen molar-refractivity contribution in [1.82, 2.24) is 5.32 Å². The van der Waals surface area contributed by atoms with E-state index in [-0.39, 0.29) is 0 Å². The number of nitrogens with zero attached hydrogens (tertiary/aromatic N) is 1. The highest BCUT2D eigenvalue weighted by Crippen LogP contribution is 2.27. The Kier molecular flexibility index (Phi) is 4.29. The predicted molar refractivity (Wildman–Crippen MR) is 87.9 cm³/mol. The number of rotatable bonds is 4. The zero-order chi connectivity index (χ0) is 13.9. The van der Waals surface area contributed by atoms with Gasteiger partial charge in [0, 0.05) is 37.2 Å². The fraction of sp³-hybridized carbons (Fsp3) is 0.375. The summed E-state index contributed by atoms with van der Waals surface area (Å²) in [6, 6.07) is 10.9. The number of halogens is 1. The van der Waals surface area contributed by atoms with E-state index in [1.165, 1.54) is 41.1 Å². The van der Waals surface area contributed by atoms with Gasteiger partial charge in [0.25, 0.3) is 0 Å². The maximum atomic E-state index is 5.94. The Morgan fingerprint density at radius 3 is 2.95 bits per heavy atom. The topological polar surface area (TPSA) is 15.3 Å². The van der Waals surface area contributed by atoms with Crippen molar-refractivity contribution >= 4 is 28.6 Å². The zero-order valence-electron chi connectivity index (χ0n) is 11.7. The van der Waals surface area contributed by atoms with Gasteiger partial charge in [0.15, 0.2) is 0 Å². The van der Waals surface area contributed by atoms with Crippen molar-refractivity contribution in [2.24, 2.45) is 0 Å². The van der Waals surface area contributed by atoms with Gasteiger partial charge in [-0.3, -0.25) is 0 Å². The summed E-state index contributed by atoms with van der Waals surface area (Å²) >= 11 is 7.58. The molecule has 3 rings (SSSR count). The normalized spacial score (nSPS) is 14.4. The summed E-state index contributed by atoms with van der Waals surface area (Å²) in [5, 5.41) is 3.49. The first-order chi connectivity index (χ1) is 9.72. The molecule has 1 aromatic carbocycles. The van der Waals surface area contributed by atoms with Gasteiger partial charge < -0.3 is 10.2 Å². The van der Waals surface area contributed by atoms with Gasteiger partial charge in [-0.2, -0.15) is 0 Å². The molecular weight excluding hydrogens is 288 g/mol. The van der Waals surface area contributed by atoms with Crippen LogP contribution >= 0.6 is 22.9 Å². The largest absolute Gasteiger partial charge is 0.374 e. The second-order valence-electron chi connectivity index (χ2n) is 5.30. The van der Waals surface area contributed by atoms with Gasteiger partial charge in [0.1, 0.15) is 0 Å². The maximum Gasteiger partial charge on any atom is 0.0931 e. The molecule has 2 aromatic rings. The van der Waals surface area contributed by atoms with Crippen LogP contribution in [-0.2, 0) is 19.5 Å². The van der Waals surface area contributed by atoms with Crippen LogP contribution in [0.25, 0.3) is 0 Å². The van der Waals surface area contributed by atoms with E-state index in [0.29, 0.717) is 0 Å². The maximum absolute atomic E-state index is 5.94. The van der Waals surface area contributed by atoms with E-state index in [9.17, 15) is 0 Å². The number of nitrogens with one attached hydrogen (secondary N) is 1. The van der Waals surface area contributed by atoms with E-state index in [0.717, 1.165) is 17.4 Å². The highest BCUT2D eigenvalue weighted by molar-refractivity contribution is 7.16. The van der Waals surface area contributed by atoms with Crippen LogP contribution in [0, 0.1) is 0 Å². The molecule has 4 heteroatoms. The third kappa shape index (κ3) is 3.17. The molecule has 106 valence electrons. The van der Waals surface area contributed by atoms with Gasteiger partial charge in [-0.05, 0) is 42.2 Å². The first-order valence-electron chi connectivity index (χ1n) is 7.00. The monoisotopic (exact) mass is 306 g/mol. The molecule has 0 radical (unpaired) electrons. The van der Waals surface area contributed by atoms with Crippen molar-refractivity contribution in [2.45, 2.75) is 25.9 Å². The summed E-state index contributed by atoms with van der Waals surface area (Å²) in [5.41, 5.74) is 4.24. The van der Waals surface area contributed by atoms with E-state index in [1.54, 1.807) is 11.3 Å². The number of hydrogen-bond acceptors (Lipinski definition) is 3. The fourth-order valence-electron chi connectivity index (χ4n) is 2.73. The smallest absolute Gasteiger partial charge is 0.0931 e. The molecule has 0 unspecified atom stereocenters. The van der Waals surface area contributed by atoms with Crippen molar-refractivity contribution in [3.63, 3.8) is 0 Å². The van der Waals surface area contributed by atoms with Crippen molar-refractivity contribution < 1.29 is 0 Å². The fourth-order valence-corrected chi connectivity index (χ4v) is 3.78. The number of anilines is 1. The second-order valence-corrected chi connectivity index (χ2v) is 7.10. The van der Waals surface area contributed by atoms with Crippen molar-refractivity contribution in [2.75, 3.05) is 18.5 Å². The molecule has 2 nitrogen and oxygen atoms in total. The SMILES string of the molecule is CN1CCCc2cc(CNCc3ccc(Cl)s3)ccc21. The molecule has 0 atom stereocenters. The summed E-state index contributed by atoms with van der Waals surface area (Å²) in [7, 11) is 2.18. The van der Waals surface area contributed by atoms with Crippen LogP contribution in [0.4, 0.5) is 5.69 Å². The van der Waals surface area contributed by atoms with Crippen LogP contribution in [0.5, 0.6) is 0 Å². The third-order valence-corrected chi connectivity index (χ3v) is 4.98. The molecule has 0 bridgehead atoms. The van der Waals surface area contributed by atoms with Crippen molar-refractivity contribution in [1.29, 1.82) is 0 Å². The highest BCUT2D eigenvalue weighted by atomic mass is 35.5. The second kappa shape index (κ2) is 6.17. The number of hydrogen-bond donors (Lipinski definition) is 1. The quantitative estimate of drug-likeness (QED) is 0.916. The minimum absolute atomic E-state index is 0.860. The summed E-state index contributed by atoms with van der Waals surface area (Å²) in [5.74, 6) is 0. The lowest BCUT2D eigenvalue weighted by Crippen LogP contribution is -2.24. The minimum atomic E-state index is 0.860. The molecule has 2 heterocycles. The standard InChI is InChI=1S/C16H19ClN2S/c1-19-8-2-3-13-9-12(4-6-15(13)19)10-18-11-14-5-7-16(17)20-14/h4-7,9,18H,2-3,8,10-11H2,1H3. The summed E-state index contributed by atoms with van der Waals surface area (Å²) < 4.78 is 0.860. The molecule has 1 aliphatic rings. The van der Waals surface area contributed by atoms with Gasteiger partial charge in [-0.25, -0.2) is 0 Å². The van der Waals surface area contributed by atoms with Crippen LogP contribution in [-0.4, -0.2) is 13.6 Å². The van der Waals surface area contributed by atoms with Crippen LogP contribution in [0.3, 0.4) is 0 Å². The Morgan fingerprint density at radius 2 is 2.15 bits per heavy atom. The van der Waals surface area contributed by atoms with Crippen molar-refractivity contribution in [3.8, 4) is 0 Å². The van der Waals surface area contributed by atoms with Crippen LogP contribution < -0.4 is 10.2 Å². The van der Waals surface area contributed by atoms with Crippen LogP contribution in [0.2, 0.25) is 4.34 Å². The van der Waals surface area contributed by atoms with E-state index in [4.69, 9.17) is 11.6 Å². The summed E-state index contributed by atoms with van der Waals surface area (Å²) in [6.45, 7) is 2.96. The average Bonchev–Trinajstić information content (AvgIpc) is 2.85. The van der Waals surface area contributed by atoms with E-state index in [2.05, 4.69) is 41.5 Å². The Hall–Kier alpha value is -1.03. The number of aryl methyl sites for hydroxylation is 1. The molecule has 0 amide bonds. The molecule has 0 fully saturated rings. The van der Waals surface area contributed by atoms with Gasteiger partial charge in [-0.1, -0.05) is 23.7 Å². The summed E-state index contributed by atoms with van der Waals surface area (Å²) in [4.78, 5) is 3.64. The average molecular weight is 307 g/mol. The highest BCUT2D eigenvalue weighted by Gasteiger charge is 2.13. The molecule has 0 aliphatic carbocycles. The molecule has 1 aliphatic heterocycles.